The fourth-order valence-corrected chi connectivity index (χ4v) is 4.37. The smallest absolute Gasteiger partial charge is 0.267 e. The lowest BCUT2D eigenvalue weighted by Crippen LogP contribution is -2.57. The molecule has 3 aromatic rings. The van der Waals surface area contributed by atoms with Crippen molar-refractivity contribution in [3.63, 3.8) is 0 Å². The molecule has 0 bridgehead atoms. The van der Waals surface area contributed by atoms with Crippen molar-refractivity contribution in [2.75, 3.05) is 18.0 Å². The SMILES string of the molecule is Cc1c(Cc2ccc(F)c(C(=O)N3CC(=O)N(c4ccc(F)c(Cl)c4)[C@H](C)C3)c2)n[nH]c(=O)c1C. The highest BCUT2D eigenvalue weighted by Crippen LogP contribution is 2.27. The van der Waals surface area contributed by atoms with Gasteiger partial charge >= 0.3 is 0 Å². The van der Waals surface area contributed by atoms with Gasteiger partial charge in [0.05, 0.1) is 22.3 Å². The summed E-state index contributed by atoms with van der Waals surface area (Å²) >= 11 is 5.86. The highest BCUT2D eigenvalue weighted by Gasteiger charge is 2.34. The molecule has 4 rings (SSSR count). The first kappa shape index (κ1) is 24.5. The van der Waals surface area contributed by atoms with Gasteiger partial charge in [0.1, 0.15) is 18.2 Å². The van der Waals surface area contributed by atoms with Crippen molar-refractivity contribution in [1.82, 2.24) is 15.1 Å². The van der Waals surface area contributed by atoms with Gasteiger partial charge in [-0.3, -0.25) is 14.4 Å². The van der Waals surface area contributed by atoms with Gasteiger partial charge in [-0.15, -0.1) is 0 Å². The number of anilines is 1. The number of nitrogens with one attached hydrogen (secondary N) is 1. The number of carbonyl (C=O) groups excluding carboxylic acids is 2. The van der Waals surface area contributed by atoms with Crippen LogP contribution in [0.15, 0.2) is 41.2 Å². The summed E-state index contributed by atoms with van der Waals surface area (Å²) in [7, 11) is 0. The van der Waals surface area contributed by atoms with Gasteiger partial charge in [-0.05, 0) is 62.2 Å². The van der Waals surface area contributed by atoms with E-state index in [1.165, 1.54) is 40.1 Å². The molecule has 1 atom stereocenters. The lowest BCUT2D eigenvalue weighted by Gasteiger charge is -2.39. The summed E-state index contributed by atoms with van der Waals surface area (Å²) in [6, 6.07) is 7.75. The van der Waals surface area contributed by atoms with Crippen molar-refractivity contribution >= 4 is 29.1 Å². The predicted molar refractivity (Wildman–Crippen MR) is 128 cm³/mol. The quantitative estimate of drug-likeness (QED) is 0.590. The molecule has 0 unspecified atom stereocenters. The van der Waals surface area contributed by atoms with E-state index in [9.17, 15) is 23.2 Å². The van der Waals surface area contributed by atoms with Crippen LogP contribution in [0.25, 0.3) is 0 Å². The molecule has 0 aliphatic carbocycles. The molecular formula is C25H23ClF2N4O3. The molecule has 1 aliphatic rings. The number of halogens is 3. The van der Waals surface area contributed by atoms with Gasteiger partial charge in [-0.25, -0.2) is 13.9 Å². The van der Waals surface area contributed by atoms with Crippen LogP contribution in [0.4, 0.5) is 14.5 Å². The predicted octanol–water partition coefficient (Wildman–Crippen LogP) is 3.79. The number of carbonyl (C=O) groups is 2. The molecular weight excluding hydrogens is 478 g/mol. The normalized spacial score (nSPS) is 16.1. The minimum Gasteiger partial charge on any atom is -0.327 e. The summed E-state index contributed by atoms with van der Waals surface area (Å²) in [5, 5.41) is 6.41. The summed E-state index contributed by atoms with van der Waals surface area (Å²) in [6.07, 6.45) is 0.290. The molecule has 1 aromatic heterocycles. The fourth-order valence-electron chi connectivity index (χ4n) is 4.19. The van der Waals surface area contributed by atoms with E-state index < -0.39 is 23.6 Å². The Labute approximate surface area is 205 Å². The van der Waals surface area contributed by atoms with Crippen LogP contribution in [0.1, 0.15) is 39.7 Å². The zero-order valence-electron chi connectivity index (χ0n) is 19.4. The zero-order valence-corrected chi connectivity index (χ0v) is 20.1. The number of hydrogen-bond acceptors (Lipinski definition) is 4. The number of piperazine rings is 1. The van der Waals surface area contributed by atoms with Crippen LogP contribution in [0.5, 0.6) is 0 Å². The first-order chi connectivity index (χ1) is 16.6. The number of rotatable bonds is 4. The average molecular weight is 501 g/mol. The van der Waals surface area contributed by atoms with Crippen LogP contribution in [0, 0.1) is 25.5 Å². The van der Waals surface area contributed by atoms with E-state index in [1.54, 1.807) is 26.8 Å². The van der Waals surface area contributed by atoms with Crippen LogP contribution in [-0.4, -0.2) is 46.0 Å². The number of aromatic amines is 1. The van der Waals surface area contributed by atoms with Crippen molar-refractivity contribution in [1.29, 1.82) is 0 Å². The Morgan fingerprint density at radius 2 is 1.83 bits per heavy atom. The van der Waals surface area contributed by atoms with Crippen molar-refractivity contribution < 1.29 is 18.4 Å². The molecule has 2 heterocycles. The molecule has 0 saturated carbocycles. The second-order valence-corrected chi connectivity index (χ2v) is 9.04. The summed E-state index contributed by atoms with van der Waals surface area (Å²) in [6.45, 7) is 5.11. The molecule has 1 aliphatic heterocycles. The van der Waals surface area contributed by atoms with Gasteiger partial charge in [0.15, 0.2) is 0 Å². The maximum absolute atomic E-state index is 14.7. The third-order valence-electron chi connectivity index (χ3n) is 6.25. The molecule has 2 amide bonds. The lowest BCUT2D eigenvalue weighted by molar-refractivity contribution is -0.121. The van der Waals surface area contributed by atoms with Gasteiger partial charge in [-0.1, -0.05) is 17.7 Å². The van der Waals surface area contributed by atoms with Gasteiger partial charge in [0, 0.05) is 24.2 Å². The van der Waals surface area contributed by atoms with Crippen LogP contribution in [-0.2, 0) is 11.2 Å². The first-order valence-corrected chi connectivity index (χ1v) is 11.3. The summed E-state index contributed by atoms with van der Waals surface area (Å²) in [4.78, 5) is 40.6. The second kappa shape index (κ2) is 9.58. The third-order valence-corrected chi connectivity index (χ3v) is 6.54. The minimum absolute atomic E-state index is 0.109. The molecule has 1 fully saturated rings. The Bertz CT molecular complexity index is 1390. The second-order valence-electron chi connectivity index (χ2n) is 8.64. The molecule has 35 heavy (non-hydrogen) atoms. The van der Waals surface area contributed by atoms with Gasteiger partial charge < -0.3 is 9.80 Å². The Morgan fingerprint density at radius 3 is 2.51 bits per heavy atom. The molecule has 1 saturated heterocycles. The number of aromatic nitrogens is 2. The molecule has 2 aromatic carbocycles. The first-order valence-electron chi connectivity index (χ1n) is 11.0. The highest BCUT2D eigenvalue weighted by atomic mass is 35.5. The van der Waals surface area contributed by atoms with Crippen molar-refractivity contribution in [3.8, 4) is 0 Å². The third kappa shape index (κ3) is 4.81. The van der Waals surface area contributed by atoms with E-state index >= 15 is 0 Å². The summed E-state index contributed by atoms with van der Waals surface area (Å²) < 4.78 is 28.2. The van der Waals surface area contributed by atoms with E-state index in [2.05, 4.69) is 10.2 Å². The van der Waals surface area contributed by atoms with E-state index in [-0.39, 0.29) is 35.1 Å². The van der Waals surface area contributed by atoms with Crippen LogP contribution >= 0.6 is 11.6 Å². The zero-order chi connectivity index (χ0) is 25.4. The molecule has 10 heteroatoms. The number of nitrogens with zero attached hydrogens (tertiary/aromatic N) is 3. The number of amides is 2. The van der Waals surface area contributed by atoms with Gasteiger partial charge in [0.2, 0.25) is 5.91 Å². The van der Waals surface area contributed by atoms with Crippen molar-refractivity contribution in [3.05, 3.63) is 91.4 Å². The average Bonchev–Trinajstić information content (AvgIpc) is 2.82. The monoisotopic (exact) mass is 500 g/mol. The number of hydrogen-bond donors (Lipinski definition) is 1. The maximum atomic E-state index is 14.7. The Balaban J connectivity index is 1.56. The summed E-state index contributed by atoms with van der Waals surface area (Å²) in [5.74, 6) is -2.29. The standard InChI is InChI=1S/C25H23ClF2N4O3/c1-13-11-31(12-23(33)32(13)17-5-7-21(28)19(26)10-17)25(35)18-8-16(4-6-20(18)27)9-22-14(2)15(3)24(34)30-29-22/h4-8,10,13H,9,11-12H2,1-3H3,(H,30,34)/t13-/m1/s1. The van der Waals surface area contributed by atoms with Crippen molar-refractivity contribution in [2.45, 2.75) is 33.2 Å². The maximum Gasteiger partial charge on any atom is 0.267 e. The molecule has 1 N–H and O–H groups in total. The molecule has 182 valence electrons. The van der Waals surface area contributed by atoms with Gasteiger partial charge in [0.25, 0.3) is 11.5 Å². The van der Waals surface area contributed by atoms with E-state index in [0.717, 1.165) is 5.56 Å². The highest BCUT2D eigenvalue weighted by molar-refractivity contribution is 6.31. The van der Waals surface area contributed by atoms with Crippen molar-refractivity contribution in [2.24, 2.45) is 0 Å². The largest absolute Gasteiger partial charge is 0.327 e. The van der Waals surface area contributed by atoms with Crippen LogP contribution < -0.4 is 10.5 Å². The molecule has 7 nitrogen and oxygen atoms in total. The molecule has 0 radical (unpaired) electrons. The fraction of sp³-hybridized carbons (Fsp3) is 0.280. The van der Waals surface area contributed by atoms with E-state index in [1.807, 2.05) is 0 Å². The van der Waals surface area contributed by atoms with Crippen LogP contribution in [0.2, 0.25) is 5.02 Å². The Kier molecular flexibility index (Phi) is 6.71. The van der Waals surface area contributed by atoms with Crippen LogP contribution in [0.3, 0.4) is 0 Å². The summed E-state index contributed by atoms with van der Waals surface area (Å²) in [5.41, 5.74) is 2.51. The van der Waals surface area contributed by atoms with E-state index in [0.29, 0.717) is 28.9 Å². The topological polar surface area (TPSA) is 86.4 Å². The number of benzene rings is 2. The lowest BCUT2D eigenvalue weighted by atomic mass is 10.0. The Morgan fingerprint density at radius 1 is 1.11 bits per heavy atom. The Hall–Kier alpha value is -3.59. The molecule has 0 spiro atoms. The van der Waals surface area contributed by atoms with Gasteiger partial charge in [-0.2, -0.15) is 5.10 Å². The van der Waals surface area contributed by atoms with E-state index in [4.69, 9.17) is 11.6 Å². The number of H-pyrrole nitrogens is 1. The minimum atomic E-state index is -0.700.